The van der Waals surface area contributed by atoms with Gasteiger partial charge >= 0.3 is 0 Å². The van der Waals surface area contributed by atoms with E-state index in [0.29, 0.717) is 11.4 Å². The third-order valence-electron chi connectivity index (χ3n) is 3.39. The molecule has 0 aromatic heterocycles. The van der Waals surface area contributed by atoms with Crippen LogP contribution in [0.4, 0.5) is 11.4 Å². The number of hydrogen-bond donors (Lipinski definition) is 2. The van der Waals surface area contributed by atoms with Crippen LogP contribution < -0.4 is 15.4 Å². The number of amides is 1. The zero-order valence-electron chi connectivity index (χ0n) is 13.7. The molecule has 2 aromatic carbocycles. The van der Waals surface area contributed by atoms with Gasteiger partial charge < -0.3 is 10.1 Å². The number of ether oxygens (including phenoxy) is 1. The number of nitrogens with zero attached hydrogens (tertiary/aromatic N) is 1. The number of thiocarbonyl (C=S) groups is 1. The van der Waals surface area contributed by atoms with Crippen LogP contribution in [0.3, 0.4) is 0 Å². The first-order valence-corrected chi connectivity index (χ1v) is 7.82. The fourth-order valence-electron chi connectivity index (χ4n) is 2.04. The van der Waals surface area contributed by atoms with Crippen LogP contribution in [-0.4, -0.2) is 22.5 Å². The van der Waals surface area contributed by atoms with E-state index in [-0.39, 0.29) is 17.4 Å². The molecule has 0 aliphatic rings. The van der Waals surface area contributed by atoms with E-state index in [1.54, 1.807) is 19.1 Å². The molecule has 2 N–H and O–H groups in total. The number of benzene rings is 2. The summed E-state index contributed by atoms with van der Waals surface area (Å²) < 4.78 is 5.44. The maximum Gasteiger partial charge on any atom is 0.271 e. The van der Waals surface area contributed by atoms with Gasteiger partial charge in [0.25, 0.3) is 11.6 Å². The number of nitro benzene ring substituents is 1. The third-order valence-corrected chi connectivity index (χ3v) is 3.59. The summed E-state index contributed by atoms with van der Waals surface area (Å²) in [6, 6.07) is 11.7. The van der Waals surface area contributed by atoms with E-state index in [0.717, 1.165) is 11.1 Å². The highest BCUT2D eigenvalue weighted by Crippen LogP contribution is 2.21. The van der Waals surface area contributed by atoms with E-state index in [9.17, 15) is 14.9 Å². The molecule has 0 spiro atoms. The van der Waals surface area contributed by atoms with E-state index in [1.165, 1.54) is 12.1 Å². The van der Waals surface area contributed by atoms with Crippen molar-refractivity contribution in [1.82, 2.24) is 5.32 Å². The van der Waals surface area contributed by atoms with Crippen LogP contribution in [0, 0.1) is 24.0 Å². The normalized spacial score (nSPS) is 10.0. The number of non-ortho nitro benzene ring substituents is 1. The highest BCUT2D eigenvalue weighted by molar-refractivity contribution is 7.80. The van der Waals surface area contributed by atoms with Gasteiger partial charge in [-0.25, -0.2) is 0 Å². The molecule has 130 valence electrons. The van der Waals surface area contributed by atoms with Gasteiger partial charge in [0.15, 0.2) is 11.7 Å². The van der Waals surface area contributed by atoms with Crippen molar-refractivity contribution >= 4 is 34.6 Å². The van der Waals surface area contributed by atoms with Crippen LogP contribution in [0.25, 0.3) is 0 Å². The summed E-state index contributed by atoms with van der Waals surface area (Å²) in [5, 5.41) is 16.1. The summed E-state index contributed by atoms with van der Waals surface area (Å²) >= 11 is 5.07. The van der Waals surface area contributed by atoms with Gasteiger partial charge in [0.2, 0.25) is 0 Å². The molecule has 0 saturated carbocycles. The molecule has 0 unspecified atom stereocenters. The molecule has 0 aliphatic carbocycles. The lowest BCUT2D eigenvalue weighted by Gasteiger charge is -2.12. The summed E-state index contributed by atoms with van der Waals surface area (Å²) in [6.07, 6.45) is 0. The standard InChI is InChI=1S/C17H17N3O4S/c1-11-7-8-13(20(22)23)9-14(11)18-17(25)19-16(21)10-24-15-6-4-3-5-12(15)2/h3-9H,10H2,1-2H3,(H2,18,19,21,25). The lowest BCUT2D eigenvalue weighted by atomic mass is 10.2. The Labute approximate surface area is 150 Å². The maximum atomic E-state index is 11.9. The van der Waals surface area contributed by atoms with Crippen molar-refractivity contribution in [3.63, 3.8) is 0 Å². The first-order valence-electron chi connectivity index (χ1n) is 7.41. The molecule has 7 nitrogen and oxygen atoms in total. The van der Waals surface area contributed by atoms with Crippen molar-refractivity contribution in [3.05, 3.63) is 63.7 Å². The molecule has 2 rings (SSSR count). The van der Waals surface area contributed by atoms with Crippen molar-refractivity contribution < 1.29 is 14.5 Å². The van der Waals surface area contributed by atoms with Crippen LogP contribution in [0.1, 0.15) is 11.1 Å². The van der Waals surface area contributed by atoms with E-state index in [4.69, 9.17) is 17.0 Å². The first kappa shape index (κ1) is 18.3. The average molecular weight is 359 g/mol. The molecule has 0 aliphatic heterocycles. The largest absolute Gasteiger partial charge is 0.483 e. The minimum absolute atomic E-state index is 0.0435. The highest BCUT2D eigenvalue weighted by atomic mass is 32.1. The van der Waals surface area contributed by atoms with E-state index < -0.39 is 10.8 Å². The Balaban J connectivity index is 1.92. The zero-order chi connectivity index (χ0) is 18.4. The van der Waals surface area contributed by atoms with Crippen molar-refractivity contribution in [2.24, 2.45) is 0 Å². The predicted molar refractivity (Wildman–Crippen MR) is 98.9 cm³/mol. The monoisotopic (exact) mass is 359 g/mol. The van der Waals surface area contributed by atoms with Crippen LogP contribution in [0.2, 0.25) is 0 Å². The van der Waals surface area contributed by atoms with Crippen LogP contribution in [0.15, 0.2) is 42.5 Å². The second-order valence-electron chi connectivity index (χ2n) is 5.31. The fraction of sp³-hybridized carbons (Fsp3) is 0.176. The Bertz CT molecular complexity index is 823. The second kappa shape index (κ2) is 8.20. The zero-order valence-corrected chi connectivity index (χ0v) is 14.6. The molecule has 1 amide bonds. The molecule has 0 saturated heterocycles. The third kappa shape index (κ3) is 5.25. The van der Waals surface area contributed by atoms with Crippen LogP contribution in [-0.2, 0) is 4.79 Å². The number of nitrogens with one attached hydrogen (secondary N) is 2. The Morgan fingerprint density at radius 2 is 1.92 bits per heavy atom. The van der Waals surface area contributed by atoms with Gasteiger partial charge in [0.1, 0.15) is 5.75 Å². The lowest BCUT2D eigenvalue weighted by Crippen LogP contribution is -2.37. The Morgan fingerprint density at radius 3 is 2.60 bits per heavy atom. The predicted octanol–water partition coefficient (Wildman–Crippen LogP) is 3.10. The molecule has 25 heavy (non-hydrogen) atoms. The molecular formula is C17H17N3O4S. The second-order valence-corrected chi connectivity index (χ2v) is 5.72. The van der Waals surface area contributed by atoms with Gasteiger partial charge in [-0.3, -0.25) is 20.2 Å². The molecule has 8 heteroatoms. The lowest BCUT2D eigenvalue weighted by molar-refractivity contribution is -0.384. The molecular weight excluding hydrogens is 342 g/mol. The minimum atomic E-state index is -0.498. The van der Waals surface area contributed by atoms with Crippen molar-refractivity contribution in [2.45, 2.75) is 13.8 Å². The summed E-state index contributed by atoms with van der Waals surface area (Å²) in [4.78, 5) is 22.3. The number of hydrogen-bond acceptors (Lipinski definition) is 5. The van der Waals surface area contributed by atoms with Crippen LogP contribution in [0.5, 0.6) is 5.75 Å². The maximum absolute atomic E-state index is 11.9. The van der Waals surface area contributed by atoms with Crippen molar-refractivity contribution in [3.8, 4) is 5.75 Å². The van der Waals surface area contributed by atoms with Gasteiger partial charge in [-0.05, 0) is 43.3 Å². The Morgan fingerprint density at radius 1 is 1.20 bits per heavy atom. The summed E-state index contributed by atoms with van der Waals surface area (Å²) in [7, 11) is 0. The molecule has 0 bridgehead atoms. The molecule has 0 fully saturated rings. The number of anilines is 1. The molecule has 0 atom stereocenters. The van der Waals surface area contributed by atoms with Crippen molar-refractivity contribution in [2.75, 3.05) is 11.9 Å². The number of rotatable bonds is 5. The quantitative estimate of drug-likeness (QED) is 0.484. The average Bonchev–Trinajstić information content (AvgIpc) is 2.55. The fourth-order valence-corrected chi connectivity index (χ4v) is 2.26. The van der Waals surface area contributed by atoms with Crippen LogP contribution >= 0.6 is 12.2 Å². The topological polar surface area (TPSA) is 93.5 Å². The number of carbonyl (C=O) groups is 1. The van der Waals surface area contributed by atoms with Gasteiger partial charge in [0, 0.05) is 17.8 Å². The number of carbonyl (C=O) groups excluding carboxylic acids is 1. The summed E-state index contributed by atoms with van der Waals surface area (Å²) in [5.41, 5.74) is 2.08. The highest BCUT2D eigenvalue weighted by Gasteiger charge is 2.11. The van der Waals surface area contributed by atoms with E-state index in [1.807, 2.05) is 25.1 Å². The molecule has 0 radical (unpaired) electrons. The number of nitro groups is 1. The summed E-state index contributed by atoms with van der Waals surface area (Å²) in [6.45, 7) is 3.46. The molecule has 2 aromatic rings. The number of aryl methyl sites for hydroxylation is 2. The van der Waals surface area contributed by atoms with E-state index in [2.05, 4.69) is 10.6 Å². The minimum Gasteiger partial charge on any atom is -0.483 e. The first-order chi connectivity index (χ1) is 11.9. The van der Waals surface area contributed by atoms with Gasteiger partial charge in [-0.2, -0.15) is 0 Å². The molecule has 0 heterocycles. The van der Waals surface area contributed by atoms with Crippen molar-refractivity contribution in [1.29, 1.82) is 0 Å². The number of para-hydroxylation sites is 1. The van der Waals surface area contributed by atoms with Gasteiger partial charge in [-0.15, -0.1) is 0 Å². The summed E-state index contributed by atoms with van der Waals surface area (Å²) in [5.74, 6) is 0.190. The van der Waals surface area contributed by atoms with Gasteiger partial charge in [-0.1, -0.05) is 24.3 Å². The SMILES string of the molecule is Cc1ccc([N+](=O)[O-])cc1NC(=S)NC(=O)COc1ccccc1C. The Hall–Kier alpha value is -3.00. The Kier molecular flexibility index (Phi) is 6.02. The smallest absolute Gasteiger partial charge is 0.271 e. The van der Waals surface area contributed by atoms with E-state index >= 15 is 0 Å². The van der Waals surface area contributed by atoms with Gasteiger partial charge in [0.05, 0.1) is 4.92 Å².